The molecule has 0 saturated carbocycles. The van der Waals surface area contributed by atoms with Gasteiger partial charge in [0, 0.05) is 24.6 Å². The van der Waals surface area contributed by atoms with E-state index in [0.29, 0.717) is 32.4 Å². The number of amides is 1. The van der Waals surface area contributed by atoms with Crippen molar-refractivity contribution in [2.24, 2.45) is 0 Å². The summed E-state index contributed by atoms with van der Waals surface area (Å²) in [6.45, 7) is 5.34. The number of rotatable bonds is 4. The average Bonchev–Trinajstić information content (AvgIpc) is 2.57. The molecule has 1 saturated heterocycles. The number of hydroxylamine groups is 2. The number of carbonyl (C=O) groups is 1. The SMILES string of the molecule is CON1CCC(C#N)(N(C)C(=O)Cc2c(C)cc(C)cc2Br)CC1. The molecule has 6 heteroatoms. The van der Waals surface area contributed by atoms with Crippen LogP contribution in [0.4, 0.5) is 0 Å². The van der Waals surface area contributed by atoms with Gasteiger partial charge >= 0.3 is 0 Å². The standard InChI is InChI=1S/C18H24BrN3O2/c1-13-9-14(2)15(16(19)10-13)11-17(23)21(3)18(12-20)5-7-22(24-4)8-6-18/h9-10H,5-8,11H2,1-4H3. The van der Waals surface area contributed by atoms with Crippen molar-refractivity contribution in [3.63, 3.8) is 0 Å². The molecule has 1 fully saturated rings. The molecule has 1 aromatic carbocycles. The minimum absolute atomic E-state index is 0.0323. The summed E-state index contributed by atoms with van der Waals surface area (Å²) in [7, 11) is 3.37. The van der Waals surface area contributed by atoms with Gasteiger partial charge in [-0.25, -0.2) is 0 Å². The first-order chi connectivity index (χ1) is 11.3. The lowest BCUT2D eigenvalue weighted by atomic mass is 9.87. The molecule has 1 heterocycles. The third-order valence-electron chi connectivity index (χ3n) is 4.92. The van der Waals surface area contributed by atoms with Crippen molar-refractivity contribution in [1.82, 2.24) is 9.96 Å². The van der Waals surface area contributed by atoms with E-state index in [1.54, 1.807) is 19.1 Å². The summed E-state index contributed by atoms with van der Waals surface area (Å²) in [4.78, 5) is 19.7. The van der Waals surface area contributed by atoms with Gasteiger partial charge in [0.1, 0.15) is 5.54 Å². The number of carbonyl (C=O) groups excluding carboxylic acids is 1. The van der Waals surface area contributed by atoms with E-state index < -0.39 is 5.54 Å². The van der Waals surface area contributed by atoms with Crippen LogP contribution in [0.1, 0.15) is 29.5 Å². The molecule has 1 aliphatic heterocycles. The second-order valence-corrected chi connectivity index (χ2v) is 7.28. The summed E-state index contributed by atoms with van der Waals surface area (Å²) in [5, 5.41) is 11.5. The molecule has 24 heavy (non-hydrogen) atoms. The Bertz CT molecular complexity index is 638. The number of nitrogens with zero attached hydrogens (tertiary/aromatic N) is 3. The predicted octanol–water partition coefficient (Wildman–Crippen LogP) is 2.99. The van der Waals surface area contributed by atoms with Crippen molar-refractivity contribution in [1.29, 1.82) is 5.26 Å². The zero-order chi connectivity index (χ0) is 17.9. The summed E-state index contributed by atoms with van der Waals surface area (Å²) >= 11 is 3.56. The van der Waals surface area contributed by atoms with E-state index in [2.05, 4.69) is 28.1 Å². The minimum atomic E-state index is -0.753. The number of hydrogen-bond donors (Lipinski definition) is 0. The highest BCUT2D eigenvalue weighted by molar-refractivity contribution is 9.10. The van der Waals surface area contributed by atoms with Crippen molar-refractivity contribution < 1.29 is 9.63 Å². The quantitative estimate of drug-likeness (QED) is 0.788. The zero-order valence-electron chi connectivity index (χ0n) is 14.7. The lowest BCUT2D eigenvalue weighted by Crippen LogP contribution is -2.55. The molecule has 1 aromatic rings. The van der Waals surface area contributed by atoms with Crippen molar-refractivity contribution in [2.75, 3.05) is 27.2 Å². The van der Waals surface area contributed by atoms with Gasteiger partial charge in [0.15, 0.2) is 0 Å². The maximum absolute atomic E-state index is 12.8. The molecule has 0 aromatic heterocycles. The smallest absolute Gasteiger partial charge is 0.228 e. The van der Waals surface area contributed by atoms with Crippen molar-refractivity contribution in [2.45, 2.75) is 38.6 Å². The van der Waals surface area contributed by atoms with Crippen LogP contribution in [0, 0.1) is 25.2 Å². The Balaban J connectivity index is 2.16. The molecule has 0 unspecified atom stereocenters. The number of nitriles is 1. The number of halogens is 1. The summed E-state index contributed by atoms with van der Waals surface area (Å²) in [5.41, 5.74) is 2.48. The highest BCUT2D eigenvalue weighted by Crippen LogP contribution is 2.29. The largest absolute Gasteiger partial charge is 0.327 e. The summed E-state index contributed by atoms with van der Waals surface area (Å²) in [6, 6.07) is 6.47. The van der Waals surface area contributed by atoms with E-state index in [9.17, 15) is 10.1 Å². The van der Waals surface area contributed by atoms with Crippen molar-refractivity contribution in [3.8, 4) is 6.07 Å². The number of piperidine rings is 1. The first kappa shape index (κ1) is 18.9. The Morgan fingerprint density at radius 3 is 2.54 bits per heavy atom. The van der Waals surface area contributed by atoms with Gasteiger partial charge < -0.3 is 9.74 Å². The van der Waals surface area contributed by atoms with Crippen LogP contribution in [0.25, 0.3) is 0 Å². The highest BCUT2D eigenvalue weighted by Gasteiger charge is 2.41. The number of aryl methyl sites for hydroxylation is 2. The van der Waals surface area contributed by atoms with Crippen LogP contribution in [0.3, 0.4) is 0 Å². The molecule has 0 N–H and O–H groups in total. The van der Waals surface area contributed by atoms with Gasteiger partial charge in [-0.15, -0.1) is 0 Å². The highest BCUT2D eigenvalue weighted by atomic mass is 79.9. The number of benzene rings is 1. The predicted molar refractivity (Wildman–Crippen MR) is 96.3 cm³/mol. The molecular formula is C18H24BrN3O2. The van der Waals surface area contributed by atoms with E-state index in [4.69, 9.17) is 4.84 Å². The van der Waals surface area contributed by atoms with Crippen LogP contribution in [0.5, 0.6) is 0 Å². The molecule has 1 aliphatic rings. The van der Waals surface area contributed by atoms with E-state index in [-0.39, 0.29) is 5.91 Å². The maximum Gasteiger partial charge on any atom is 0.228 e. The fourth-order valence-corrected chi connectivity index (χ4v) is 4.05. The van der Waals surface area contributed by atoms with Crippen LogP contribution < -0.4 is 0 Å². The number of hydrogen-bond acceptors (Lipinski definition) is 4. The first-order valence-electron chi connectivity index (χ1n) is 8.05. The Kier molecular flexibility index (Phi) is 6.02. The van der Waals surface area contributed by atoms with Gasteiger partial charge in [0.2, 0.25) is 5.91 Å². The molecule has 5 nitrogen and oxygen atoms in total. The van der Waals surface area contributed by atoms with Crippen LogP contribution in [0.2, 0.25) is 0 Å². The molecule has 0 radical (unpaired) electrons. The fourth-order valence-electron chi connectivity index (χ4n) is 3.24. The Morgan fingerprint density at radius 2 is 2.04 bits per heavy atom. The lowest BCUT2D eigenvalue weighted by Gasteiger charge is -2.42. The van der Waals surface area contributed by atoms with Gasteiger partial charge in [-0.2, -0.15) is 10.3 Å². The maximum atomic E-state index is 12.8. The Hall–Kier alpha value is -1.42. The van der Waals surface area contributed by atoms with E-state index in [0.717, 1.165) is 21.2 Å². The fraction of sp³-hybridized carbons (Fsp3) is 0.556. The van der Waals surface area contributed by atoms with E-state index >= 15 is 0 Å². The van der Waals surface area contributed by atoms with Crippen LogP contribution in [0.15, 0.2) is 16.6 Å². The Morgan fingerprint density at radius 1 is 1.42 bits per heavy atom. The topological polar surface area (TPSA) is 56.6 Å². The molecule has 1 amide bonds. The zero-order valence-corrected chi connectivity index (χ0v) is 16.3. The normalized spacial score (nSPS) is 17.3. The molecule has 0 bridgehead atoms. The summed E-state index contributed by atoms with van der Waals surface area (Å²) < 4.78 is 0.946. The molecule has 0 atom stereocenters. The van der Waals surface area contributed by atoms with Crippen LogP contribution in [-0.4, -0.2) is 48.7 Å². The van der Waals surface area contributed by atoms with Gasteiger partial charge in [-0.05, 0) is 49.4 Å². The summed E-state index contributed by atoms with van der Waals surface area (Å²) in [6.07, 6.45) is 1.47. The third kappa shape index (κ3) is 3.80. The second-order valence-electron chi connectivity index (χ2n) is 6.43. The average molecular weight is 394 g/mol. The molecule has 2 rings (SSSR count). The van der Waals surface area contributed by atoms with Crippen molar-refractivity contribution >= 4 is 21.8 Å². The van der Waals surface area contributed by atoms with E-state index in [1.165, 1.54) is 0 Å². The van der Waals surface area contributed by atoms with Crippen LogP contribution in [-0.2, 0) is 16.1 Å². The van der Waals surface area contributed by atoms with Gasteiger partial charge in [0.05, 0.1) is 19.6 Å². The molecular weight excluding hydrogens is 370 g/mol. The lowest BCUT2D eigenvalue weighted by molar-refractivity contribution is -0.161. The summed E-state index contributed by atoms with van der Waals surface area (Å²) in [5.74, 6) is -0.0323. The van der Waals surface area contributed by atoms with Gasteiger partial charge in [-0.3, -0.25) is 4.79 Å². The number of likely N-dealkylation sites (N-methyl/N-ethyl adjacent to an activating group) is 1. The monoisotopic (exact) mass is 393 g/mol. The Labute approximate surface area is 152 Å². The van der Waals surface area contributed by atoms with E-state index in [1.807, 2.05) is 25.0 Å². The van der Waals surface area contributed by atoms with Gasteiger partial charge in [-0.1, -0.05) is 22.0 Å². The molecule has 0 spiro atoms. The third-order valence-corrected chi connectivity index (χ3v) is 5.63. The second kappa shape index (κ2) is 7.64. The molecule has 130 valence electrons. The molecule has 0 aliphatic carbocycles. The van der Waals surface area contributed by atoms with Gasteiger partial charge in [0.25, 0.3) is 0 Å². The van der Waals surface area contributed by atoms with Crippen molar-refractivity contribution in [3.05, 3.63) is 33.3 Å². The minimum Gasteiger partial charge on any atom is -0.327 e. The van der Waals surface area contributed by atoms with Crippen LogP contribution >= 0.6 is 15.9 Å². The first-order valence-corrected chi connectivity index (χ1v) is 8.85.